The highest BCUT2D eigenvalue weighted by Gasteiger charge is 2.19. The lowest BCUT2D eigenvalue weighted by Crippen LogP contribution is -2.37. The SMILES string of the molecule is COC(=O)C(C)CN(C)C(=O)COc1ccc(Cl)cc1C. The molecule has 0 saturated heterocycles. The summed E-state index contributed by atoms with van der Waals surface area (Å²) in [5.74, 6) is -0.312. The number of esters is 1. The summed E-state index contributed by atoms with van der Waals surface area (Å²) >= 11 is 5.86. The molecule has 0 radical (unpaired) electrons. The van der Waals surface area contributed by atoms with Gasteiger partial charge in [-0.05, 0) is 30.7 Å². The second-order valence-electron chi connectivity index (χ2n) is 4.90. The van der Waals surface area contributed by atoms with Crippen LogP contribution >= 0.6 is 11.6 Å². The summed E-state index contributed by atoms with van der Waals surface area (Å²) in [6.07, 6.45) is 0. The van der Waals surface area contributed by atoms with E-state index in [2.05, 4.69) is 4.74 Å². The van der Waals surface area contributed by atoms with E-state index < -0.39 is 0 Å². The van der Waals surface area contributed by atoms with E-state index in [1.807, 2.05) is 6.92 Å². The van der Waals surface area contributed by atoms with Crippen LogP contribution in [-0.4, -0.2) is 44.1 Å². The van der Waals surface area contributed by atoms with Crippen LogP contribution in [0.2, 0.25) is 5.02 Å². The van der Waals surface area contributed by atoms with E-state index in [1.54, 1.807) is 32.2 Å². The third-order valence-electron chi connectivity index (χ3n) is 3.07. The van der Waals surface area contributed by atoms with E-state index in [-0.39, 0.29) is 30.9 Å². The van der Waals surface area contributed by atoms with Crippen molar-refractivity contribution in [1.29, 1.82) is 0 Å². The molecule has 0 N–H and O–H groups in total. The molecule has 0 aliphatic carbocycles. The number of aryl methyl sites for hydroxylation is 1. The maximum Gasteiger partial charge on any atom is 0.310 e. The van der Waals surface area contributed by atoms with Gasteiger partial charge < -0.3 is 14.4 Å². The average Bonchev–Trinajstić information content (AvgIpc) is 2.44. The smallest absolute Gasteiger partial charge is 0.310 e. The first kappa shape index (κ1) is 17.3. The minimum absolute atomic E-state index is 0.0904. The van der Waals surface area contributed by atoms with Gasteiger partial charge in [-0.2, -0.15) is 0 Å². The van der Waals surface area contributed by atoms with Crippen LogP contribution in [0.1, 0.15) is 12.5 Å². The summed E-state index contributed by atoms with van der Waals surface area (Å²) in [7, 11) is 2.95. The van der Waals surface area contributed by atoms with Crippen molar-refractivity contribution in [2.45, 2.75) is 13.8 Å². The quantitative estimate of drug-likeness (QED) is 0.756. The van der Waals surface area contributed by atoms with Crippen molar-refractivity contribution in [3.63, 3.8) is 0 Å². The summed E-state index contributed by atoms with van der Waals surface area (Å²) in [5, 5.41) is 0.621. The number of carbonyl (C=O) groups is 2. The molecule has 1 rings (SSSR count). The monoisotopic (exact) mass is 313 g/mol. The van der Waals surface area contributed by atoms with E-state index in [9.17, 15) is 9.59 Å². The van der Waals surface area contributed by atoms with Gasteiger partial charge in [0.15, 0.2) is 6.61 Å². The van der Waals surface area contributed by atoms with Gasteiger partial charge in [-0.15, -0.1) is 0 Å². The fourth-order valence-electron chi connectivity index (χ4n) is 1.81. The summed E-state index contributed by atoms with van der Waals surface area (Å²) in [6, 6.07) is 5.20. The number of carbonyl (C=O) groups excluding carboxylic acids is 2. The molecule has 0 aliphatic heterocycles. The minimum Gasteiger partial charge on any atom is -0.483 e. The van der Waals surface area contributed by atoms with Gasteiger partial charge in [0.2, 0.25) is 0 Å². The Labute approximate surface area is 129 Å². The van der Waals surface area contributed by atoms with Crippen molar-refractivity contribution in [2.24, 2.45) is 5.92 Å². The summed E-state index contributed by atoms with van der Waals surface area (Å²) in [6.45, 7) is 3.76. The van der Waals surface area contributed by atoms with Gasteiger partial charge in [0.05, 0.1) is 13.0 Å². The van der Waals surface area contributed by atoms with Crippen molar-refractivity contribution >= 4 is 23.5 Å². The maximum absolute atomic E-state index is 12.0. The standard InChI is InChI=1S/C15H20ClNO4/c1-10-7-12(16)5-6-13(10)21-9-14(18)17(3)8-11(2)15(19)20-4/h5-7,11H,8-9H2,1-4H3. The first-order valence-electron chi connectivity index (χ1n) is 6.56. The zero-order valence-electron chi connectivity index (χ0n) is 12.7. The van der Waals surface area contributed by atoms with Crippen LogP contribution in [0.4, 0.5) is 0 Å². The Morgan fingerprint density at radius 1 is 1.38 bits per heavy atom. The Hall–Kier alpha value is -1.75. The first-order valence-corrected chi connectivity index (χ1v) is 6.93. The second kappa shape index (κ2) is 7.88. The lowest BCUT2D eigenvalue weighted by molar-refractivity contribution is -0.146. The number of rotatable bonds is 6. The van der Waals surface area contributed by atoms with E-state index in [1.165, 1.54) is 12.0 Å². The Kier molecular flexibility index (Phi) is 6.49. The molecular formula is C15H20ClNO4. The lowest BCUT2D eigenvalue weighted by atomic mass is 10.2. The van der Waals surface area contributed by atoms with Gasteiger partial charge in [0.1, 0.15) is 5.75 Å². The van der Waals surface area contributed by atoms with Gasteiger partial charge in [0, 0.05) is 18.6 Å². The average molecular weight is 314 g/mol. The molecule has 0 aliphatic rings. The van der Waals surface area contributed by atoms with Gasteiger partial charge in [-0.25, -0.2) is 0 Å². The van der Waals surface area contributed by atoms with Crippen LogP contribution in [0, 0.1) is 12.8 Å². The predicted octanol–water partition coefficient (Wildman–Crippen LogP) is 2.29. The molecule has 0 spiro atoms. The van der Waals surface area contributed by atoms with Crippen molar-refractivity contribution in [2.75, 3.05) is 27.3 Å². The summed E-state index contributed by atoms with van der Waals surface area (Å²) in [5.41, 5.74) is 0.862. The summed E-state index contributed by atoms with van der Waals surface area (Å²) < 4.78 is 10.1. The predicted molar refractivity (Wildman–Crippen MR) is 80.5 cm³/mol. The third-order valence-corrected chi connectivity index (χ3v) is 3.30. The molecule has 116 valence electrons. The molecule has 0 saturated carbocycles. The molecule has 5 nitrogen and oxygen atoms in total. The number of halogens is 1. The number of methoxy groups -OCH3 is 1. The van der Waals surface area contributed by atoms with Crippen molar-refractivity contribution in [1.82, 2.24) is 4.90 Å². The number of amides is 1. The van der Waals surface area contributed by atoms with Gasteiger partial charge in [-0.3, -0.25) is 9.59 Å². The molecule has 1 aromatic rings. The van der Waals surface area contributed by atoms with E-state index in [4.69, 9.17) is 16.3 Å². The van der Waals surface area contributed by atoms with Gasteiger partial charge in [0.25, 0.3) is 5.91 Å². The molecule has 21 heavy (non-hydrogen) atoms. The van der Waals surface area contributed by atoms with E-state index in [0.29, 0.717) is 10.8 Å². The molecule has 6 heteroatoms. The third kappa shape index (κ3) is 5.27. The molecule has 0 bridgehead atoms. The van der Waals surface area contributed by atoms with Crippen LogP contribution < -0.4 is 4.74 Å². The van der Waals surface area contributed by atoms with Crippen LogP contribution in [0.3, 0.4) is 0 Å². The normalized spacial score (nSPS) is 11.7. The maximum atomic E-state index is 12.0. The number of benzene rings is 1. The molecule has 1 amide bonds. The molecular weight excluding hydrogens is 294 g/mol. The molecule has 0 fully saturated rings. The van der Waals surface area contributed by atoms with Crippen molar-refractivity contribution in [3.05, 3.63) is 28.8 Å². The highest BCUT2D eigenvalue weighted by molar-refractivity contribution is 6.30. The first-order chi connectivity index (χ1) is 9.85. The topological polar surface area (TPSA) is 55.8 Å². The van der Waals surface area contributed by atoms with Crippen LogP contribution in [0.25, 0.3) is 0 Å². The Balaban J connectivity index is 2.51. The van der Waals surface area contributed by atoms with Crippen molar-refractivity contribution < 1.29 is 19.1 Å². The highest BCUT2D eigenvalue weighted by atomic mass is 35.5. The highest BCUT2D eigenvalue weighted by Crippen LogP contribution is 2.21. The van der Waals surface area contributed by atoms with E-state index >= 15 is 0 Å². The summed E-state index contributed by atoms with van der Waals surface area (Å²) in [4.78, 5) is 24.7. The Bertz CT molecular complexity index is 518. The lowest BCUT2D eigenvalue weighted by Gasteiger charge is -2.20. The fraction of sp³-hybridized carbons (Fsp3) is 0.467. The molecule has 1 aromatic carbocycles. The van der Waals surface area contributed by atoms with Crippen LogP contribution in [0.5, 0.6) is 5.75 Å². The fourth-order valence-corrected chi connectivity index (χ4v) is 2.04. The number of likely N-dealkylation sites (N-methyl/N-ethyl adjacent to an activating group) is 1. The Morgan fingerprint density at radius 2 is 2.05 bits per heavy atom. The van der Waals surface area contributed by atoms with Gasteiger partial charge >= 0.3 is 5.97 Å². The minimum atomic E-state index is -0.374. The molecule has 0 aromatic heterocycles. The van der Waals surface area contributed by atoms with E-state index in [0.717, 1.165) is 5.56 Å². The number of nitrogens with zero attached hydrogens (tertiary/aromatic N) is 1. The number of hydrogen-bond donors (Lipinski definition) is 0. The van der Waals surface area contributed by atoms with Gasteiger partial charge in [-0.1, -0.05) is 18.5 Å². The zero-order chi connectivity index (χ0) is 16.0. The van der Waals surface area contributed by atoms with Crippen molar-refractivity contribution in [3.8, 4) is 5.75 Å². The largest absolute Gasteiger partial charge is 0.483 e. The zero-order valence-corrected chi connectivity index (χ0v) is 13.4. The number of hydrogen-bond acceptors (Lipinski definition) is 4. The Morgan fingerprint density at radius 3 is 2.62 bits per heavy atom. The molecule has 1 atom stereocenters. The second-order valence-corrected chi connectivity index (χ2v) is 5.33. The van der Waals surface area contributed by atoms with Crippen LogP contribution in [-0.2, 0) is 14.3 Å². The van der Waals surface area contributed by atoms with Crippen LogP contribution in [0.15, 0.2) is 18.2 Å². The number of ether oxygens (including phenoxy) is 2. The molecule has 1 unspecified atom stereocenters. The molecule has 0 heterocycles.